The minimum atomic E-state index is -0.296. The molecule has 0 amide bonds. The normalized spacial score (nSPS) is 35.2. The van der Waals surface area contributed by atoms with E-state index in [4.69, 9.17) is 4.74 Å². The van der Waals surface area contributed by atoms with Gasteiger partial charge in [0.05, 0.1) is 19.4 Å². The number of methoxy groups -OCH3 is 1. The van der Waals surface area contributed by atoms with Crippen LogP contribution < -0.4 is 0 Å². The third-order valence-electron chi connectivity index (χ3n) is 3.21. The second-order valence-electron chi connectivity index (χ2n) is 3.96. The lowest BCUT2D eigenvalue weighted by molar-refractivity contribution is -0.149. The molecule has 78 valence electrons. The van der Waals surface area contributed by atoms with Gasteiger partial charge in [0.15, 0.2) is 0 Å². The summed E-state index contributed by atoms with van der Waals surface area (Å²) in [6.45, 7) is 0. The smallest absolute Gasteiger partial charge is 0.309 e. The highest BCUT2D eigenvalue weighted by Gasteiger charge is 2.47. The van der Waals surface area contributed by atoms with E-state index in [1.165, 1.54) is 7.11 Å². The molecule has 2 aliphatic rings. The van der Waals surface area contributed by atoms with Crippen molar-refractivity contribution in [2.75, 3.05) is 7.11 Å². The van der Waals surface area contributed by atoms with Crippen molar-refractivity contribution < 1.29 is 19.1 Å². The van der Waals surface area contributed by atoms with E-state index in [1.54, 1.807) is 0 Å². The number of cyclic esters (lactones) is 1. The molecule has 0 aromatic heterocycles. The predicted molar refractivity (Wildman–Crippen MR) is 47.3 cm³/mol. The SMILES string of the molecule is COC(=O)CC1OC(=O)C2CCCC12. The molecule has 4 heteroatoms. The molecule has 14 heavy (non-hydrogen) atoms. The molecule has 2 rings (SSSR count). The van der Waals surface area contributed by atoms with Crippen LogP contribution in [0.5, 0.6) is 0 Å². The summed E-state index contributed by atoms with van der Waals surface area (Å²) in [5.74, 6) is -0.122. The molecule has 1 aliphatic heterocycles. The number of hydrogen-bond donors (Lipinski definition) is 0. The molecule has 3 atom stereocenters. The third kappa shape index (κ3) is 1.49. The van der Waals surface area contributed by atoms with Gasteiger partial charge >= 0.3 is 11.9 Å². The molecule has 1 heterocycles. The Labute approximate surface area is 82.6 Å². The number of ether oxygens (including phenoxy) is 2. The molecule has 2 fully saturated rings. The second-order valence-corrected chi connectivity index (χ2v) is 3.96. The van der Waals surface area contributed by atoms with Crippen molar-refractivity contribution >= 4 is 11.9 Å². The molecule has 1 saturated heterocycles. The summed E-state index contributed by atoms with van der Waals surface area (Å²) in [6.07, 6.45) is 2.97. The molecule has 3 unspecified atom stereocenters. The van der Waals surface area contributed by atoms with Gasteiger partial charge in [0.25, 0.3) is 0 Å². The average Bonchev–Trinajstić information content (AvgIpc) is 2.72. The van der Waals surface area contributed by atoms with Crippen molar-refractivity contribution in [3.05, 3.63) is 0 Å². The number of fused-ring (bicyclic) bond motifs is 1. The number of hydrogen-bond acceptors (Lipinski definition) is 4. The highest BCUT2D eigenvalue weighted by molar-refractivity contribution is 5.77. The van der Waals surface area contributed by atoms with Crippen LogP contribution in [0.25, 0.3) is 0 Å². The van der Waals surface area contributed by atoms with Gasteiger partial charge in [0.2, 0.25) is 0 Å². The van der Waals surface area contributed by atoms with Crippen molar-refractivity contribution in [2.45, 2.75) is 31.8 Å². The van der Waals surface area contributed by atoms with Gasteiger partial charge in [-0.2, -0.15) is 0 Å². The standard InChI is InChI=1S/C10H14O4/c1-13-9(11)5-8-6-3-2-4-7(6)10(12)14-8/h6-8H,2-5H2,1H3. The first-order chi connectivity index (χ1) is 6.72. The van der Waals surface area contributed by atoms with Gasteiger partial charge in [0.1, 0.15) is 6.10 Å². The van der Waals surface area contributed by atoms with Gasteiger partial charge in [-0.05, 0) is 12.8 Å². The van der Waals surface area contributed by atoms with E-state index in [2.05, 4.69) is 4.74 Å². The lowest BCUT2D eigenvalue weighted by Gasteiger charge is -2.13. The summed E-state index contributed by atoms with van der Waals surface area (Å²) in [7, 11) is 1.35. The summed E-state index contributed by atoms with van der Waals surface area (Å²) < 4.78 is 9.73. The quantitative estimate of drug-likeness (QED) is 0.618. The van der Waals surface area contributed by atoms with E-state index in [-0.39, 0.29) is 36.3 Å². The van der Waals surface area contributed by atoms with Crippen LogP contribution in [0.4, 0.5) is 0 Å². The van der Waals surface area contributed by atoms with Crippen LogP contribution in [0.3, 0.4) is 0 Å². The molecule has 1 saturated carbocycles. The Bertz CT molecular complexity index is 261. The van der Waals surface area contributed by atoms with Crippen molar-refractivity contribution in [2.24, 2.45) is 11.8 Å². The van der Waals surface area contributed by atoms with Crippen molar-refractivity contribution in [3.8, 4) is 0 Å². The lowest BCUT2D eigenvalue weighted by Crippen LogP contribution is -2.21. The minimum Gasteiger partial charge on any atom is -0.469 e. The molecule has 0 spiro atoms. The van der Waals surface area contributed by atoms with Crippen LogP contribution in [0.1, 0.15) is 25.7 Å². The van der Waals surface area contributed by atoms with Gasteiger partial charge in [-0.15, -0.1) is 0 Å². The molecule has 0 aromatic rings. The fourth-order valence-corrected chi connectivity index (χ4v) is 2.49. The Hall–Kier alpha value is -1.06. The van der Waals surface area contributed by atoms with Crippen LogP contribution in [0.2, 0.25) is 0 Å². The monoisotopic (exact) mass is 198 g/mol. The van der Waals surface area contributed by atoms with Crippen molar-refractivity contribution in [1.82, 2.24) is 0 Å². The van der Waals surface area contributed by atoms with Crippen LogP contribution in [-0.4, -0.2) is 25.2 Å². The summed E-state index contributed by atoms with van der Waals surface area (Å²) in [4.78, 5) is 22.4. The number of carbonyl (C=O) groups is 2. The molecule has 1 aliphatic carbocycles. The van der Waals surface area contributed by atoms with Crippen molar-refractivity contribution in [3.63, 3.8) is 0 Å². The summed E-state index contributed by atoms with van der Waals surface area (Å²) >= 11 is 0. The first-order valence-corrected chi connectivity index (χ1v) is 4.99. The molecule has 0 bridgehead atoms. The first-order valence-electron chi connectivity index (χ1n) is 4.99. The van der Waals surface area contributed by atoms with E-state index >= 15 is 0 Å². The summed E-state index contributed by atoms with van der Waals surface area (Å²) in [5.41, 5.74) is 0. The van der Waals surface area contributed by atoms with Gasteiger partial charge in [-0.25, -0.2) is 0 Å². The van der Waals surface area contributed by atoms with Gasteiger partial charge in [0, 0.05) is 5.92 Å². The Morgan fingerprint density at radius 2 is 2.36 bits per heavy atom. The minimum absolute atomic E-state index is 0.0460. The molecule has 0 radical (unpaired) electrons. The van der Waals surface area contributed by atoms with Gasteiger partial charge < -0.3 is 9.47 Å². The van der Waals surface area contributed by atoms with E-state index < -0.39 is 0 Å². The fraction of sp³-hybridized carbons (Fsp3) is 0.800. The molecule has 0 N–H and O–H groups in total. The molecular weight excluding hydrogens is 184 g/mol. The zero-order chi connectivity index (χ0) is 10.1. The number of esters is 2. The second kappa shape index (κ2) is 3.59. The van der Waals surface area contributed by atoms with E-state index in [1.807, 2.05) is 0 Å². The highest BCUT2D eigenvalue weighted by atomic mass is 16.6. The van der Waals surface area contributed by atoms with E-state index in [9.17, 15) is 9.59 Å². The molecular formula is C10H14O4. The Balaban J connectivity index is 2.00. The van der Waals surface area contributed by atoms with Crippen molar-refractivity contribution in [1.29, 1.82) is 0 Å². The van der Waals surface area contributed by atoms with Crippen LogP contribution >= 0.6 is 0 Å². The summed E-state index contributed by atoms with van der Waals surface area (Å²) in [5, 5.41) is 0. The zero-order valence-electron chi connectivity index (χ0n) is 8.19. The van der Waals surface area contributed by atoms with Gasteiger partial charge in [-0.3, -0.25) is 9.59 Å². The topological polar surface area (TPSA) is 52.6 Å². The Kier molecular flexibility index (Phi) is 2.44. The van der Waals surface area contributed by atoms with Gasteiger partial charge in [-0.1, -0.05) is 6.42 Å². The first kappa shape index (κ1) is 9.49. The maximum atomic E-state index is 11.4. The number of carbonyl (C=O) groups excluding carboxylic acids is 2. The Morgan fingerprint density at radius 1 is 1.57 bits per heavy atom. The third-order valence-corrected chi connectivity index (χ3v) is 3.21. The predicted octanol–water partition coefficient (Wildman–Crippen LogP) is 0.891. The maximum absolute atomic E-state index is 11.4. The van der Waals surface area contributed by atoms with Crippen LogP contribution in [0.15, 0.2) is 0 Å². The largest absolute Gasteiger partial charge is 0.469 e. The van der Waals surface area contributed by atoms with E-state index in [0.717, 1.165) is 19.3 Å². The summed E-state index contributed by atoms with van der Waals surface area (Å²) in [6, 6.07) is 0. The van der Waals surface area contributed by atoms with E-state index in [0.29, 0.717) is 0 Å². The molecule has 4 nitrogen and oxygen atoms in total. The number of rotatable bonds is 2. The average molecular weight is 198 g/mol. The molecule has 0 aromatic carbocycles. The highest BCUT2D eigenvalue weighted by Crippen LogP contribution is 2.42. The van der Waals surface area contributed by atoms with Crippen LogP contribution in [-0.2, 0) is 19.1 Å². The maximum Gasteiger partial charge on any atom is 0.309 e. The Morgan fingerprint density at radius 3 is 3.07 bits per heavy atom. The lowest BCUT2D eigenvalue weighted by atomic mass is 9.92. The van der Waals surface area contributed by atoms with Crippen LogP contribution in [0, 0.1) is 11.8 Å². The zero-order valence-corrected chi connectivity index (χ0v) is 8.19. The fourth-order valence-electron chi connectivity index (χ4n) is 2.49.